The third-order valence-corrected chi connectivity index (χ3v) is 25.0. The number of hydrogen-bond donors (Lipinski definition) is 10. The van der Waals surface area contributed by atoms with Crippen LogP contribution in [0.1, 0.15) is 48.2 Å². The van der Waals surface area contributed by atoms with Crippen molar-refractivity contribution in [3.05, 3.63) is 271 Å². The van der Waals surface area contributed by atoms with Gasteiger partial charge in [-0.25, -0.2) is 44.9 Å². The molecule has 45 heteroatoms. The van der Waals surface area contributed by atoms with Crippen molar-refractivity contribution in [1.29, 1.82) is 10.5 Å². The fraction of sp³-hybridized carbons (Fsp3) is 0.144. The molecule has 1 amide bonds. The van der Waals surface area contributed by atoms with Gasteiger partial charge in [0.05, 0.1) is 94.5 Å². The van der Waals surface area contributed by atoms with E-state index in [1.165, 1.54) is 77.2 Å². The van der Waals surface area contributed by atoms with Crippen molar-refractivity contribution in [2.24, 2.45) is 0 Å². The highest BCUT2D eigenvalue weighted by molar-refractivity contribution is 7.99. The van der Waals surface area contributed by atoms with Crippen LogP contribution in [0, 0.1) is 29.6 Å². The Morgan fingerprint density at radius 3 is 1.94 bits per heavy atom. The smallest absolute Gasteiger partial charge is 0.321 e. The van der Waals surface area contributed by atoms with Gasteiger partial charge in [-0.3, -0.25) is 20.2 Å². The lowest BCUT2D eigenvalue weighted by atomic mass is 10.2. The number of rotatable bonds is 30. The summed E-state index contributed by atoms with van der Waals surface area (Å²) in [5, 5.41) is 87.7. The number of aryl methyl sites for hydroxylation is 1. The molecule has 1 aliphatic rings. The molecule has 40 nitrogen and oxygen atoms in total. The second kappa shape index (κ2) is 45.2. The molecule has 13 aromatic heterocycles. The number of hydrogen-bond acceptors (Lipinski definition) is 42. The Hall–Kier alpha value is -17.5. The number of carbonyl (C=O) groups is 1. The van der Waals surface area contributed by atoms with E-state index in [2.05, 4.69) is 150 Å². The normalized spacial score (nSPS) is 11.4. The number of nitrogens with one attached hydrogen (secondary N) is 9. The number of aliphatic hydroxyl groups is 1. The lowest BCUT2D eigenvalue weighted by Crippen LogP contribution is -2.23. The molecule has 0 aliphatic heterocycles. The predicted molar refractivity (Wildman–Crippen MR) is 550 cm³/mol. The number of nitriles is 2. The van der Waals surface area contributed by atoms with Gasteiger partial charge in [0.2, 0.25) is 46.3 Å². The van der Waals surface area contributed by atoms with Crippen molar-refractivity contribution in [1.82, 2.24) is 115 Å². The first-order valence-electron chi connectivity index (χ1n) is 43.8. The third kappa shape index (κ3) is 24.2. The van der Waals surface area contributed by atoms with Crippen LogP contribution in [-0.2, 0) is 11.2 Å². The molecule has 1 saturated carbocycles. The van der Waals surface area contributed by atoms with Crippen molar-refractivity contribution >= 4 is 226 Å². The van der Waals surface area contributed by atoms with E-state index < -0.39 is 0 Å². The van der Waals surface area contributed by atoms with Crippen LogP contribution in [0.2, 0.25) is 0 Å². The number of aromatic nitrogens is 22. The molecule has 0 spiro atoms. The maximum absolute atomic E-state index is 11.1. The van der Waals surface area contributed by atoms with Gasteiger partial charge in [-0.15, -0.1) is 36.8 Å². The van der Waals surface area contributed by atoms with E-state index in [0.717, 1.165) is 145 Å². The largest absolute Gasteiger partial charge is 0.497 e. The molecule has 142 heavy (non-hydrogen) atoms. The standard InChI is InChI=1S/C23H19N5O2S.C21H20N8OS.C18H14N6OS2.C18H18N6OS.C17H13N9O/c1-29-16-6-9-18-19(12-16)26-23(31-17-7-2-14(3-8-17)10-11-24)28-21(18)27-22-20(15-4-5-15)25-13-30-22;1-29(2)9-10-30-16-7-8-17-18(11-16)25-20(24-15-5-3-14(12-22)4-6-15)26-19(17)27-21-28-23-13-31-21;1-11(25)20-12-6-8-13(9-7-12)27-17-21-15-5-3-2-4-14(15)16(22-17)23-18-24-19-10-26-18;1-12-17(26-11-20-12)22-16-15-14(7-8-19-15)21-18(23-16)24(9-10-25)13-5-3-2-4-6-13;1-26(11-2-3-13-10(6-11)7-19-24-13)16-21-14-8-18-5-4-12(14)15(22-16)23-17-25-20-9-27-17/h2-3,6-9,12-13,15H,4-5,10H2,1H3,(H,26,27,28);3-8,11,13H,9-10H2,1-2H3,(H2,24,25,26,27,28);2-10H,1H3,(H,20,25)(H,21,22,23,24);2-8,11,19,25H,9-10H2,1H3,(H,21,22,23);2-9H,1H3,(H,19,24)(H,21,22,23,25). The first-order valence-corrected chi connectivity index (χ1v) is 48.0. The topological polar surface area (TPSA) is 513 Å². The first kappa shape index (κ1) is 94.9. The summed E-state index contributed by atoms with van der Waals surface area (Å²) >= 11 is 7.23. The number of thiazole rings is 1. The molecule has 21 aromatic rings. The quantitative estimate of drug-likeness (QED) is 0.0187. The number of pyridine rings is 1. The highest BCUT2D eigenvalue weighted by Gasteiger charge is 2.31. The van der Waals surface area contributed by atoms with Crippen LogP contribution >= 0.6 is 57.5 Å². The number of benzene rings is 8. The second-order valence-electron chi connectivity index (χ2n) is 31.3. The molecule has 10 N–H and O–H groups in total. The molecule has 8 aromatic carbocycles. The monoisotopic (exact) mass is 1980 g/mol. The number of amides is 1. The number of nitrogens with zero attached hydrogens (tertiary/aromatic N) is 25. The van der Waals surface area contributed by atoms with Gasteiger partial charge in [-0.2, -0.15) is 30.6 Å². The van der Waals surface area contributed by atoms with E-state index in [-0.39, 0.29) is 18.5 Å². The molecule has 1 aliphatic carbocycles. The average Bonchev–Trinajstić information content (AvgIpc) is 1.43. The molecular weight excluding hydrogens is 1900 g/mol. The van der Waals surface area contributed by atoms with E-state index in [0.29, 0.717) is 110 Å². The van der Waals surface area contributed by atoms with Crippen molar-refractivity contribution in [3.8, 4) is 23.6 Å². The summed E-state index contributed by atoms with van der Waals surface area (Å²) in [6.07, 6.45) is 12.4. The number of carbonyl (C=O) groups excluding carboxylic acids is 1. The van der Waals surface area contributed by atoms with Crippen LogP contribution in [0.4, 0.5) is 96.8 Å². The molecule has 0 bridgehead atoms. The van der Waals surface area contributed by atoms with Gasteiger partial charge >= 0.3 is 6.01 Å². The number of likely N-dealkylation sites (N-methyl/N-ethyl adjacent to an activating group) is 1. The van der Waals surface area contributed by atoms with Crippen molar-refractivity contribution in [2.75, 3.05) is 102 Å². The zero-order valence-corrected chi connectivity index (χ0v) is 80.5. The summed E-state index contributed by atoms with van der Waals surface area (Å²) in [5.74, 6) is 7.09. The molecular formula is C97H84N34O6S5. The molecule has 22 rings (SSSR count). The Morgan fingerprint density at radius 1 is 0.577 bits per heavy atom. The fourth-order valence-corrected chi connectivity index (χ4v) is 17.2. The Labute approximate surface area is 829 Å². The van der Waals surface area contributed by atoms with Crippen LogP contribution in [-0.4, -0.2) is 181 Å². The minimum absolute atomic E-state index is 0.000142. The minimum atomic E-state index is -0.0966. The van der Waals surface area contributed by atoms with Crippen molar-refractivity contribution < 1.29 is 28.2 Å². The zero-order valence-electron chi connectivity index (χ0n) is 76.4. The van der Waals surface area contributed by atoms with Crippen molar-refractivity contribution in [3.63, 3.8) is 0 Å². The Morgan fingerprint density at radius 2 is 1.25 bits per heavy atom. The van der Waals surface area contributed by atoms with Crippen LogP contribution in [0.15, 0.2) is 277 Å². The fourth-order valence-electron chi connectivity index (χ4n) is 14.1. The van der Waals surface area contributed by atoms with Gasteiger partial charge in [-0.1, -0.05) is 70.2 Å². The number of aliphatic hydroxyl groups excluding tert-OH is 1. The number of methoxy groups -OCH3 is 1. The highest BCUT2D eigenvalue weighted by Crippen LogP contribution is 2.45. The maximum Gasteiger partial charge on any atom is 0.321 e. The van der Waals surface area contributed by atoms with Gasteiger partial charge in [-0.05, 0) is 202 Å². The van der Waals surface area contributed by atoms with Gasteiger partial charge in [0.1, 0.15) is 68.6 Å². The lowest BCUT2D eigenvalue weighted by molar-refractivity contribution is -0.114. The van der Waals surface area contributed by atoms with E-state index in [4.69, 9.17) is 43.8 Å². The molecule has 1 fully saturated rings. The predicted octanol–water partition coefficient (Wildman–Crippen LogP) is 20.0. The van der Waals surface area contributed by atoms with Crippen LogP contribution in [0.5, 0.6) is 11.5 Å². The Balaban J connectivity index is 0.000000117. The summed E-state index contributed by atoms with van der Waals surface area (Å²) < 4.78 is 22.0. The SMILES string of the molecule is CC(=O)Nc1ccc(Sc2nc(Nc3nncs3)c3ccccc3n2)cc1.CN(C)CCOc1ccc2c(Nc3nncs3)nc(Nc3ccc(C#N)cc3)nc2c1.CN(c1ccc2[nH]ncc2c1)c1nc(Nc2nnco2)c2ccncc2n1.COc1ccc2c(Nc3ocnc3C3CC3)nc(Sc3ccc(CC#N)cc3)nc2c1.Cc1ncsc1Nc1nc(N(CCO)c2ccccc2)nc2cc[nH]c12. The summed E-state index contributed by atoms with van der Waals surface area (Å²) in [5.41, 5.74) is 17.6. The van der Waals surface area contributed by atoms with Crippen LogP contribution in [0.25, 0.3) is 65.5 Å². The van der Waals surface area contributed by atoms with Gasteiger partial charge in [0.15, 0.2) is 22.5 Å². The average molecular weight is 1980 g/mol. The summed E-state index contributed by atoms with van der Waals surface area (Å²) in [6.45, 7) is 5.24. The zero-order chi connectivity index (χ0) is 97.6. The molecule has 0 unspecified atom stereocenters. The molecule has 0 radical (unpaired) electrons. The second-order valence-corrected chi connectivity index (χ2v) is 35.9. The lowest BCUT2D eigenvalue weighted by Gasteiger charge is -2.22. The van der Waals surface area contributed by atoms with Crippen molar-refractivity contribution in [2.45, 2.75) is 59.1 Å². The number of H-pyrrole nitrogens is 2. The first-order chi connectivity index (χ1) is 69.5. The van der Waals surface area contributed by atoms with Crippen LogP contribution in [0.3, 0.4) is 0 Å². The number of para-hydroxylation sites is 2. The van der Waals surface area contributed by atoms with Gasteiger partial charge < -0.3 is 75.0 Å². The highest BCUT2D eigenvalue weighted by atomic mass is 32.2. The number of aromatic amines is 2. The van der Waals surface area contributed by atoms with Crippen LogP contribution < -0.4 is 56.5 Å². The molecule has 708 valence electrons. The minimum Gasteiger partial charge on any atom is -0.497 e. The van der Waals surface area contributed by atoms with E-state index in [1.807, 2.05) is 226 Å². The summed E-state index contributed by atoms with van der Waals surface area (Å²) in [4.78, 5) is 81.7. The molecule has 0 atom stereocenters. The van der Waals surface area contributed by atoms with Gasteiger partial charge in [0, 0.05) is 117 Å². The number of anilines is 17. The maximum atomic E-state index is 11.1. The molecule has 13 heterocycles. The number of oxazole rings is 1. The van der Waals surface area contributed by atoms with E-state index >= 15 is 0 Å². The van der Waals surface area contributed by atoms with Gasteiger partial charge in [0.25, 0.3) is 0 Å². The summed E-state index contributed by atoms with van der Waals surface area (Å²) in [6, 6.07) is 65.8. The Bertz CT molecular complexity index is 7970. The summed E-state index contributed by atoms with van der Waals surface area (Å²) in [7, 11) is 7.54. The number of fused-ring (bicyclic) bond motifs is 6. The third-order valence-electron chi connectivity index (χ3n) is 21.2. The number of ether oxygens (including phenoxy) is 2. The van der Waals surface area contributed by atoms with E-state index in [1.54, 1.807) is 54.4 Å². The molecule has 0 saturated heterocycles. The van der Waals surface area contributed by atoms with E-state index in [9.17, 15) is 9.90 Å². The Kier molecular flexibility index (Phi) is 30.2.